The van der Waals surface area contributed by atoms with Crippen LogP contribution in [0.1, 0.15) is 15.9 Å². The molecule has 0 aliphatic heterocycles. The van der Waals surface area contributed by atoms with Crippen LogP contribution < -0.4 is 0 Å². The largest absolute Gasteiger partial charge is 0.457 e. The van der Waals surface area contributed by atoms with E-state index >= 15 is 0 Å². The molecule has 0 saturated heterocycles. The van der Waals surface area contributed by atoms with E-state index in [4.69, 9.17) is 16.3 Å². The molecular formula is C14H9BrClN3O2. The van der Waals surface area contributed by atoms with Crippen LogP contribution in [0.2, 0.25) is 5.15 Å². The average molecular weight is 367 g/mol. The summed E-state index contributed by atoms with van der Waals surface area (Å²) < 4.78 is 7.13. The fraction of sp³-hybridized carbons (Fsp3) is 0.0714. The minimum atomic E-state index is -0.504. The second-order valence-corrected chi connectivity index (χ2v) is 5.38. The van der Waals surface area contributed by atoms with Gasteiger partial charge in [-0.3, -0.25) is 0 Å². The first-order valence-corrected chi connectivity index (χ1v) is 7.23. The third kappa shape index (κ3) is 2.91. The van der Waals surface area contributed by atoms with E-state index < -0.39 is 5.97 Å². The van der Waals surface area contributed by atoms with Gasteiger partial charge in [0, 0.05) is 6.20 Å². The Morgan fingerprint density at radius 2 is 2.05 bits per heavy atom. The van der Waals surface area contributed by atoms with Crippen LogP contribution in [-0.4, -0.2) is 20.6 Å². The van der Waals surface area contributed by atoms with Gasteiger partial charge in [0.05, 0.1) is 0 Å². The van der Waals surface area contributed by atoms with Gasteiger partial charge in [-0.2, -0.15) is 5.10 Å². The van der Waals surface area contributed by atoms with Crippen molar-refractivity contribution in [3.63, 3.8) is 0 Å². The van der Waals surface area contributed by atoms with Crippen molar-refractivity contribution in [1.29, 1.82) is 0 Å². The van der Waals surface area contributed by atoms with Gasteiger partial charge in [0.25, 0.3) is 0 Å². The number of aromatic nitrogens is 3. The third-order valence-corrected chi connectivity index (χ3v) is 3.59. The number of carbonyl (C=O) groups is 1. The molecule has 0 atom stereocenters. The normalized spacial score (nSPS) is 10.8. The lowest BCUT2D eigenvalue weighted by Gasteiger charge is -2.04. The second-order valence-electron chi connectivity index (χ2n) is 4.25. The van der Waals surface area contributed by atoms with Gasteiger partial charge in [-0.05, 0) is 27.6 Å². The van der Waals surface area contributed by atoms with Crippen molar-refractivity contribution in [3.8, 4) is 0 Å². The van der Waals surface area contributed by atoms with Crippen LogP contribution in [0.25, 0.3) is 5.65 Å². The highest BCUT2D eigenvalue weighted by atomic mass is 79.9. The number of esters is 1. The Bertz CT molecular complexity index is 805. The summed E-state index contributed by atoms with van der Waals surface area (Å²) in [5.41, 5.74) is 1.52. The van der Waals surface area contributed by atoms with Gasteiger partial charge < -0.3 is 4.74 Å². The molecule has 7 heteroatoms. The number of carbonyl (C=O) groups excluding carboxylic acids is 1. The maximum Gasteiger partial charge on any atom is 0.345 e. The van der Waals surface area contributed by atoms with Crippen LogP contribution in [0, 0.1) is 0 Å². The summed E-state index contributed by atoms with van der Waals surface area (Å²) in [6, 6.07) is 11.0. The molecule has 0 fully saturated rings. The summed E-state index contributed by atoms with van der Waals surface area (Å²) in [7, 11) is 0. The van der Waals surface area contributed by atoms with Gasteiger partial charge in [0.15, 0.2) is 5.65 Å². The highest BCUT2D eigenvalue weighted by molar-refractivity contribution is 9.10. The maximum atomic E-state index is 12.2. The highest BCUT2D eigenvalue weighted by Crippen LogP contribution is 2.22. The molecule has 0 aliphatic rings. The molecule has 0 bridgehead atoms. The monoisotopic (exact) mass is 365 g/mol. The van der Waals surface area contributed by atoms with Gasteiger partial charge in [0.1, 0.15) is 21.9 Å². The van der Waals surface area contributed by atoms with Crippen molar-refractivity contribution in [3.05, 3.63) is 63.5 Å². The molecule has 0 radical (unpaired) electrons. The molecular weight excluding hydrogens is 358 g/mol. The lowest BCUT2D eigenvalue weighted by Crippen LogP contribution is -2.06. The van der Waals surface area contributed by atoms with Crippen molar-refractivity contribution in [2.45, 2.75) is 6.61 Å². The van der Waals surface area contributed by atoms with E-state index in [9.17, 15) is 4.79 Å². The number of nitrogens with zero attached hydrogens (tertiary/aromatic N) is 3. The van der Waals surface area contributed by atoms with E-state index in [1.165, 1.54) is 4.52 Å². The first-order chi connectivity index (χ1) is 10.1. The van der Waals surface area contributed by atoms with Crippen LogP contribution in [0.5, 0.6) is 0 Å². The van der Waals surface area contributed by atoms with Gasteiger partial charge in [-0.15, -0.1) is 0 Å². The minimum Gasteiger partial charge on any atom is -0.457 e. The zero-order valence-corrected chi connectivity index (χ0v) is 13.0. The number of hydrogen-bond donors (Lipinski definition) is 0. The Kier molecular flexibility index (Phi) is 3.90. The van der Waals surface area contributed by atoms with Crippen LogP contribution in [0.15, 0.2) is 47.2 Å². The van der Waals surface area contributed by atoms with E-state index in [1.807, 2.05) is 30.3 Å². The molecule has 106 valence electrons. The smallest absolute Gasteiger partial charge is 0.345 e. The Morgan fingerprint density at radius 3 is 2.81 bits per heavy atom. The standard InChI is InChI=1S/C14H9BrClN3O2/c15-12-11(13-17-10(16)6-7-19(13)18-12)14(20)21-8-9-4-2-1-3-5-9/h1-7H,8H2. The van der Waals surface area contributed by atoms with Crippen LogP contribution in [0.4, 0.5) is 0 Å². The van der Waals surface area contributed by atoms with Crippen LogP contribution in [-0.2, 0) is 11.3 Å². The van der Waals surface area contributed by atoms with Crippen molar-refractivity contribution in [1.82, 2.24) is 14.6 Å². The highest BCUT2D eigenvalue weighted by Gasteiger charge is 2.21. The number of hydrogen-bond acceptors (Lipinski definition) is 4. The molecule has 0 amide bonds. The molecule has 3 rings (SSSR count). The molecule has 0 spiro atoms. The summed E-state index contributed by atoms with van der Waals surface area (Å²) in [5, 5.41) is 4.43. The van der Waals surface area contributed by atoms with Crippen molar-refractivity contribution in [2.24, 2.45) is 0 Å². The summed E-state index contributed by atoms with van der Waals surface area (Å²) in [4.78, 5) is 16.3. The maximum absolute atomic E-state index is 12.2. The van der Waals surface area contributed by atoms with Crippen LogP contribution >= 0.6 is 27.5 Å². The Balaban J connectivity index is 1.87. The Morgan fingerprint density at radius 1 is 1.29 bits per heavy atom. The summed E-state index contributed by atoms with van der Waals surface area (Å²) in [6.45, 7) is 0.185. The molecule has 5 nitrogen and oxygen atoms in total. The van der Waals surface area contributed by atoms with Crippen molar-refractivity contribution >= 4 is 39.1 Å². The number of fused-ring (bicyclic) bond motifs is 1. The molecule has 3 aromatic rings. The first kappa shape index (κ1) is 14.0. The predicted octanol–water partition coefficient (Wildman–Crippen LogP) is 3.50. The van der Waals surface area contributed by atoms with Crippen LogP contribution in [0.3, 0.4) is 0 Å². The quantitative estimate of drug-likeness (QED) is 0.526. The summed E-state index contributed by atoms with van der Waals surface area (Å²) in [6.07, 6.45) is 1.63. The predicted molar refractivity (Wildman–Crippen MR) is 81.3 cm³/mol. The van der Waals surface area contributed by atoms with E-state index in [-0.39, 0.29) is 17.3 Å². The van der Waals surface area contributed by atoms with Crippen molar-refractivity contribution in [2.75, 3.05) is 0 Å². The van der Waals surface area contributed by atoms with Gasteiger partial charge in [-0.25, -0.2) is 14.3 Å². The zero-order valence-electron chi connectivity index (χ0n) is 10.7. The SMILES string of the molecule is O=C(OCc1ccccc1)c1c(Br)nn2ccc(Cl)nc12. The number of ether oxygens (including phenoxy) is 1. The fourth-order valence-electron chi connectivity index (χ4n) is 1.85. The number of rotatable bonds is 3. The van der Waals surface area contributed by atoms with Gasteiger partial charge in [0.2, 0.25) is 0 Å². The molecule has 1 aromatic carbocycles. The topological polar surface area (TPSA) is 56.5 Å². The summed E-state index contributed by atoms with van der Waals surface area (Å²) in [5.74, 6) is -0.504. The molecule has 21 heavy (non-hydrogen) atoms. The van der Waals surface area contributed by atoms with Gasteiger partial charge in [-0.1, -0.05) is 41.9 Å². The second kappa shape index (κ2) is 5.83. The summed E-state index contributed by atoms with van der Waals surface area (Å²) >= 11 is 9.10. The van der Waals surface area contributed by atoms with E-state index in [1.54, 1.807) is 12.3 Å². The van der Waals surface area contributed by atoms with Crippen molar-refractivity contribution < 1.29 is 9.53 Å². The fourth-order valence-corrected chi connectivity index (χ4v) is 2.50. The molecule has 0 N–H and O–H groups in total. The third-order valence-electron chi connectivity index (χ3n) is 2.83. The molecule has 0 unspecified atom stereocenters. The van der Waals surface area contributed by atoms with E-state index in [2.05, 4.69) is 26.0 Å². The van der Waals surface area contributed by atoms with Gasteiger partial charge >= 0.3 is 5.97 Å². The Labute approximate surface area is 133 Å². The minimum absolute atomic E-state index is 0.185. The lowest BCUT2D eigenvalue weighted by molar-refractivity contribution is 0.0473. The lowest BCUT2D eigenvalue weighted by atomic mass is 10.2. The molecule has 2 heterocycles. The van der Waals surface area contributed by atoms with E-state index in [0.29, 0.717) is 10.3 Å². The number of halogens is 2. The zero-order chi connectivity index (χ0) is 14.8. The first-order valence-electron chi connectivity index (χ1n) is 6.06. The molecule has 2 aromatic heterocycles. The Hall–Kier alpha value is -1.92. The van der Waals surface area contributed by atoms with E-state index in [0.717, 1.165) is 5.56 Å². The number of benzene rings is 1. The molecule has 0 saturated carbocycles. The molecule has 0 aliphatic carbocycles. The average Bonchev–Trinajstić information content (AvgIpc) is 2.81.